The van der Waals surface area contributed by atoms with Crippen molar-refractivity contribution in [1.82, 2.24) is 14.9 Å². The average Bonchev–Trinajstić information content (AvgIpc) is 3.10. The molecule has 1 amide bonds. The number of carbonyl (C=O) groups is 1. The van der Waals surface area contributed by atoms with Gasteiger partial charge in [-0.1, -0.05) is 30.3 Å². The van der Waals surface area contributed by atoms with Crippen LogP contribution in [0.4, 0.5) is 0 Å². The standard InChI is InChI=1S/C18H18ClN3O2S2/c1-3-11(2)20-15(23)10-26-18-21-14-8-9-25-16(14)17(24)22(18)13-6-4-12(19)5-7-13/h4-9,11H,3,10H2,1-2H3,(H,20,23). The van der Waals surface area contributed by atoms with E-state index in [1.807, 2.05) is 25.3 Å². The number of carbonyl (C=O) groups excluding carboxylic acids is 1. The molecule has 3 rings (SSSR count). The molecule has 8 heteroatoms. The van der Waals surface area contributed by atoms with E-state index in [0.717, 1.165) is 6.42 Å². The number of aromatic nitrogens is 2. The van der Waals surface area contributed by atoms with Crippen LogP contribution in [0.25, 0.3) is 15.9 Å². The lowest BCUT2D eigenvalue weighted by Crippen LogP contribution is -2.33. The number of benzene rings is 1. The number of thiophene rings is 1. The summed E-state index contributed by atoms with van der Waals surface area (Å²) in [5.41, 5.74) is 1.18. The summed E-state index contributed by atoms with van der Waals surface area (Å²) in [7, 11) is 0. The van der Waals surface area contributed by atoms with Gasteiger partial charge in [-0.15, -0.1) is 11.3 Å². The third kappa shape index (κ3) is 4.11. The van der Waals surface area contributed by atoms with E-state index in [9.17, 15) is 9.59 Å². The predicted molar refractivity (Wildman–Crippen MR) is 109 cm³/mol. The zero-order valence-corrected chi connectivity index (χ0v) is 16.7. The number of hydrogen-bond donors (Lipinski definition) is 1. The molecule has 0 aliphatic carbocycles. The molecule has 3 aromatic rings. The molecule has 1 atom stereocenters. The third-order valence-electron chi connectivity index (χ3n) is 3.89. The van der Waals surface area contributed by atoms with Crippen molar-refractivity contribution in [3.8, 4) is 5.69 Å². The van der Waals surface area contributed by atoms with Crippen LogP contribution in [0, 0.1) is 0 Å². The summed E-state index contributed by atoms with van der Waals surface area (Å²) in [6.45, 7) is 3.98. The van der Waals surface area contributed by atoms with Crippen LogP contribution in [0.15, 0.2) is 45.7 Å². The van der Waals surface area contributed by atoms with Crippen molar-refractivity contribution in [2.75, 3.05) is 5.75 Å². The number of halogens is 1. The van der Waals surface area contributed by atoms with Gasteiger partial charge in [-0.2, -0.15) is 0 Å². The highest BCUT2D eigenvalue weighted by molar-refractivity contribution is 7.99. The van der Waals surface area contributed by atoms with Gasteiger partial charge in [0.1, 0.15) is 4.70 Å². The van der Waals surface area contributed by atoms with Crippen molar-refractivity contribution in [3.63, 3.8) is 0 Å². The van der Waals surface area contributed by atoms with Gasteiger partial charge < -0.3 is 5.32 Å². The van der Waals surface area contributed by atoms with Crippen LogP contribution in [0.3, 0.4) is 0 Å². The second-order valence-corrected chi connectivity index (χ2v) is 8.11. The first-order chi connectivity index (χ1) is 12.5. The molecule has 0 spiro atoms. The van der Waals surface area contributed by atoms with E-state index in [4.69, 9.17) is 11.6 Å². The minimum absolute atomic E-state index is 0.0772. The molecule has 0 bridgehead atoms. The SMILES string of the molecule is CCC(C)NC(=O)CSc1nc2ccsc2c(=O)n1-c1ccc(Cl)cc1. The number of rotatable bonds is 6. The number of amides is 1. The molecule has 1 unspecified atom stereocenters. The minimum Gasteiger partial charge on any atom is -0.353 e. The summed E-state index contributed by atoms with van der Waals surface area (Å²) in [4.78, 5) is 29.7. The molecule has 26 heavy (non-hydrogen) atoms. The monoisotopic (exact) mass is 407 g/mol. The Morgan fingerprint density at radius 2 is 2.08 bits per heavy atom. The molecule has 1 aromatic carbocycles. The molecule has 5 nitrogen and oxygen atoms in total. The Morgan fingerprint density at radius 3 is 2.77 bits per heavy atom. The zero-order chi connectivity index (χ0) is 18.7. The molecule has 0 radical (unpaired) electrons. The van der Waals surface area contributed by atoms with Crippen LogP contribution < -0.4 is 10.9 Å². The normalized spacial score (nSPS) is 12.3. The second-order valence-electron chi connectivity index (χ2n) is 5.81. The van der Waals surface area contributed by atoms with E-state index in [0.29, 0.717) is 26.1 Å². The van der Waals surface area contributed by atoms with Gasteiger partial charge >= 0.3 is 0 Å². The van der Waals surface area contributed by atoms with Crippen LogP contribution in [-0.2, 0) is 4.79 Å². The third-order valence-corrected chi connectivity index (χ3v) is 5.97. The minimum atomic E-state index is -0.142. The van der Waals surface area contributed by atoms with Crippen LogP contribution in [0.2, 0.25) is 5.02 Å². The molecule has 0 saturated carbocycles. The fraction of sp³-hybridized carbons (Fsp3) is 0.278. The van der Waals surface area contributed by atoms with E-state index < -0.39 is 0 Å². The first-order valence-corrected chi connectivity index (χ1v) is 10.4. The molecule has 0 aliphatic rings. The van der Waals surface area contributed by atoms with Gasteiger partial charge in [0.25, 0.3) is 5.56 Å². The van der Waals surface area contributed by atoms with Crippen molar-refractivity contribution in [2.24, 2.45) is 0 Å². The van der Waals surface area contributed by atoms with Crippen molar-refractivity contribution in [2.45, 2.75) is 31.5 Å². The van der Waals surface area contributed by atoms with Gasteiger partial charge in [0.05, 0.1) is 17.0 Å². The van der Waals surface area contributed by atoms with Crippen molar-refractivity contribution >= 4 is 50.8 Å². The van der Waals surface area contributed by atoms with E-state index in [-0.39, 0.29) is 23.3 Å². The lowest BCUT2D eigenvalue weighted by Gasteiger charge is -2.13. The number of thioether (sulfide) groups is 1. The average molecular weight is 408 g/mol. The van der Waals surface area contributed by atoms with Gasteiger partial charge in [0.15, 0.2) is 5.16 Å². The largest absolute Gasteiger partial charge is 0.353 e. The second kappa shape index (κ2) is 8.24. The van der Waals surface area contributed by atoms with E-state index in [1.54, 1.807) is 24.3 Å². The molecular formula is C18H18ClN3O2S2. The molecule has 0 saturated heterocycles. The fourth-order valence-corrected chi connectivity index (χ4v) is 4.06. The number of hydrogen-bond acceptors (Lipinski definition) is 5. The maximum absolute atomic E-state index is 13.0. The van der Waals surface area contributed by atoms with Crippen molar-refractivity contribution < 1.29 is 4.79 Å². The molecule has 136 valence electrons. The molecule has 2 heterocycles. The van der Waals surface area contributed by atoms with Crippen LogP contribution in [0.5, 0.6) is 0 Å². The first kappa shape index (κ1) is 18.9. The smallest absolute Gasteiger partial charge is 0.276 e. The topological polar surface area (TPSA) is 64.0 Å². The molecule has 1 N–H and O–H groups in total. The highest BCUT2D eigenvalue weighted by atomic mass is 35.5. The van der Waals surface area contributed by atoms with Crippen LogP contribution in [-0.4, -0.2) is 27.3 Å². The van der Waals surface area contributed by atoms with Gasteiger partial charge in [0.2, 0.25) is 5.91 Å². The highest BCUT2D eigenvalue weighted by Crippen LogP contribution is 2.24. The molecular weight excluding hydrogens is 390 g/mol. The number of nitrogens with one attached hydrogen (secondary N) is 1. The Kier molecular flexibility index (Phi) is 6.01. The first-order valence-electron chi connectivity index (χ1n) is 8.18. The zero-order valence-electron chi connectivity index (χ0n) is 14.4. The maximum atomic E-state index is 13.0. The Bertz CT molecular complexity index is 982. The summed E-state index contributed by atoms with van der Waals surface area (Å²) in [5, 5.41) is 5.85. The van der Waals surface area contributed by atoms with Crippen LogP contribution >= 0.6 is 34.7 Å². The summed E-state index contributed by atoms with van der Waals surface area (Å²) in [5.74, 6) is 0.117. The Labute approximate surface area is 164 Å². The lowest BCUT2D eigenvalue weighted by molar-refractivity contribution is -0.119. The quantitative estimate of drug-likeness (QED) is 0.493. The van der Waals surface area contributed by atoms with Gasteiger partial charge in [-0.25, -0.2) is 4.98 Å². The molecule has 0 aliphatic heterocycles. The Morgan fingerprint density at radius 1 is 1.35 bits per heavy atom. The van der Waals surface area contributed by atoms with E-state index >= 15 is 0 Å². The number of fused-ring (bicyclic) bond motifs is 1. The predicted octanol–water partition coefficient (Wildman–Crippen LogP) is 4.11. The van der Waals surface area contributed by atoms with E-state index in [2.05, 4.69) is 10.3 Å². The van der Waals surface area contributed by atoms with Crippen LogP contribution in [0.1, 0.15) is 20.3 Å². The van der Waals surface area contributed by atoms with Gasteiger partial charge in [-0.05, 0) is 49.1 Å². The lowest BCUT2D eigenvalue weighted by atomic mass is 10.3. The van der Waals surface area contributed by atoms with Crippen molar-refractivity contribution in [3.05, 3.63) is 51.1 Å². The molecule has 0 fully saturated rings. The van der Waals surface area contributed by atoms with E-state index in [1.165, 1.54) is 27.7 Å². The highest BCUT2D eigenvalue weighted by Gasteiger charge is 2.16. The summed E-state index contributed by atoms with van der Waals surface area (Å²) >= 11 is 8.57. The fourth-order valence-electron chi connectivity index (χ4n) is 2.36. The Hall–Kier alpha value is -1.83. The summed E-state index contributed by atoms with van der Waals surface area (Å²) in [6, 6.07) is 8.94. The summed E-state index contributed by atoms with van der Waals surface area (Å²) < 4.78 is 2.13. The molecule has 2 aromatic heterocycles. The maximum Gasteiger partial charge on any atom is 0.276 e. The Balaban J connectivity index is 1.97. The van der Waals surface area contributed by atoms with Gasteiger partial charge in [-0.3, -0.25) is 14.2 Å². The van der Waals surface area contributed by atoms with Crippen molar-refractivity contribution in [1.29, 1.82) is 0 Å². The number of nitrogens with zero attached hydrogens (tertiary/aromatic N) is 2. The van der Waals surface area contributed by atoms with Gasteiger partial charge in [0, 0.05) is 11.1 Å². The summed E-state index contributed by atoms with van der Waals surface area (Å²) in [6.07, 6.45) is 0.866.